The molecular weight excluding hydrogens is 438 g/mol. The molecule has 2 amide bonds. The molecule has 2 aliphatic rings. The van der Waals surface area contributed by atoms with Gasteiger partial charge in [0.05, 0.1) is 6.42 Å². The van der Waals surface area contributed by atoms with Crippen LogP contribution in [0.2, 0.25) is 0 Å². The van der Waals surface area contributed by atoms with Gasteiger partial charge in [-0.15, -0.1) is 0 Å². The predicted octanol–water partition coefficient (Wildman–Crippen LogP) is 3.82. The molecule has 1 aliphatic heterocycles. The average molecular weight is 470 g/mol. The number of aryl methyl sites for hydroxylation is 1. The summed E-state index contributed by atoms with van der Waals surface area (Å²) in [6.45, 7) is 2.78. The highest BCUT2D eigenvalue weighted by Gasteiger charge is 2.23. The van der Waals surface area contributed by atoms with Crippen LogP contribution in [0, 0.1) is 0 Å². The van der Waals surface area contributed by atoms with E-state index in [0.717, 1.165) is 43.6 Å². The lowest BCUT2D eigenvalue weighted by Crippen LogP contribution is -2.49. The zero-order valence-corrected chi connectivity index (χ0v) is 19.9. The molecule has 180 valence electrons. The molecular formula is C28H31N5O2. The molecule has 1 fully saturated rings. The van der Waals surface area contributed by atoms with Crippen LogP contribution < -0.4 is 10.2 Å². The molecule has 0 bridgehead atoms. The second kappa shape index (κ2) is 10.7. The summed E-state index contributed by atoms with van der Waals surface area (Å²) in [7, 11) is 0. The molecule has 1 aliphatic carbocycles. The Balaban J connectivity index is 1.10. The van der Waals surface area contributed by atoms with E-state index in [2.05, 4.69) is 44.5 Å². The number of nitrogens with one attached hydrogen (secondary N) is 1. The minimum absolute atomic E-state index is 0.0378. The van der Waals surface area contributed by atoms with Gasteiger partial charge < -0.3 is 15.1 Å². The number of aromatic nitrogens is 2. The summed E-state index contributed by atoms with van der Waals surface area (Å²) >= 11 is 0. The first-order valence-electron chi connectivity index (χ1n) is 12.4. The van der Waals surface area contributed by atoms with Crippen molar-refractivity contribution in [1.29, 1.82) is 0 Å². The van der Waals surface area contributed by atoms with Crippen LogP contribution in [0.25, 0.3) is 0 Å². The zero-order chi connectivity index (χ0) is 24.0. The molecule has 3 aromatic rings. The highest BCUT2D eigenvalue weighted by Crippen LogP contribution is 2.34. The third kappa shape index (κ3) is 5.67. The van der Waals surface area contributed by atoms with Gasteiger partial charge in [0.2, 0.25) is 17.8 Å². The summed E-state index contributed by atoms with van der Waals surface area (Å²) in [6, 6.07) is 17.9. The third-order valence-corrected chi connectivity index (χ3v) is 6.99. The summed E-state index contributed by atoms with van der Waals surface area (Å²) in [4.78, 5) is 38.1. The van der Waals surface area contributed by atoms with Crippen molar-refractivity contribution >= 4 is 23.5 Å². The number of anilines is 2. The van der Waals surface area contributed by atoms with Crippen LogP contribution in [-0.2, 0) is 22.4 Å². The molecule has 35 heavy (non-hydrogen) atoms. The molecule has 1 N–H and O–H groups in total. The predicted molar refractivity (Wildman–Crippen MR) is 136 cm³/mol. The zero-order valence-electron chi connectivity index (χ0n) is 19.9. The molecule has 0 saturated carbocycles. The highest BCUT2D eigenvalue weighted by molar-refractivity contribution is 5.91. The van der Waals surface area contributed by atoms with Crippen molar-refractivity contribution in [2.45, 2.75) is 38.0 Å². The lowest BCUT2D eigenvalue weighted by Gasteiger charge is -2.34. The summed E-state index contributed by atoms with van der Waals surface area (Å²) in [5, 5.41) is 3.03. The van der Waals surface area contributed by atoms with E-state index < -0.39 is 0 Å². The summed E-state index contributed by atoms with van der Waals surface area (Å²) in [5.41, 5.74) is 4.41. The molecule has 0 radical (unpaired) electrons. The van der Waals surface area contributed by atoms with E-state index in [1.165, 1.54) is 11.1 Å². The number of benzene rings is 2. The smallest absolute Gasteiger partial charge is 0.227 e. The maximum atomic E-state index is 12.8. The van der Waals surface area contributed by atoms with Crippen LogP contribution in [-0.4, -0.2) is 52.9 Å². The Kier molecular flexibility index (Phi) is 7.02. The molecule has 2 aromatic carbocycles. The van der Waals surface area contributed by atoms with E-state index in [0.29, 0.717) is 31.9 Å². The first kappa shape index (κ1) is 23.0. The lowest BCUT2D eigenvalue weighted by molar-refractivity contribution is -0.130. The number of fused-ring (bicyclic) bond motifs is 1. The molecule has 1 aromatic heterocycles. The molecule has 1 unspecified atom stereocenters. The number of amides is 2. The molecule has 1 saturated heterocycles. The lowest BCUT2D eigenvalue weighted by atomic mass is 9.81. The fraction of sp³-hybridized carbons (Fsp3) is 0.357. The van der Waals surface area contributed by atoms with E-state index in [-0.39, 0.29) is 17.7 Å². The molecule has 7 heteroatoms. The Morgan fingerprint density at radius 1 is 0.914 bits per heavy atom. The molecule has 0 spiro atoms. The summed E-state index contributed by atoms with van der Waals surface area (Å²) in [6.07, 6.45) is 7.62. The van der Waals surface area contributed by atoms with Gasteiger partial charge in [0.1, 0.15) is 0 Å². The van der Waals surface area contributed by atoms with Crippen LogP contribution in [0.5, 0.6) is 0 Å². The van der Waals surface area contributed by atoms with Crippen molar-refractivity contribution in [2.24, 2.45) is 0 Å². The van der Waals surface area contributed by atoms with E-state index in [4.69, 9.17) is 0 Å². The first-order valence-corrected chi connectivity index (χ1v) is 12.4. The maximum absolute atomic E-state index is 12.8. The molecule has 1 atom stereocenters. The maximum Gasteiger partial charge on any atom is 0.227 e. The van der Waals surface area contributed by atoms with Gasteiger partial charge in [0.25, 0.3) is 0 Å². The number of hydrogen-bond acceptors (Lipinski definition) is 5. The summed E-state index contributed by atoms with van der Waals surface area (Å²) in [5.74, 6) is 1.15. The van der Waals surface area contributed by atoms with Gasteiger partial charge in [-0.25, -0.2) is 9.97 Å². The van der Waals surface area contributed by atoms with Gasteiger partial charge in [-0.2, -0.15) is 0 Å². The number of nitrogens with zero attached hydrogens (tertiary/aromatic N) is 4. The van der Waals surface area contributed by atoms with Gasteiger partial charge in [-0.05, 0) is 60.1 Å². The standard InChI is InChI=1S/C28H31N5O2/c34-26(20-23-7-3-6-22-5-1-2-8-25(22)23)31-24-11-9-21(10-12-24)19-27(35)32-15-17-33(18-16-32)28-29-13-4-14-30-28/h1-2,4-5,8-14,23H,3,6-7,15-20H2,(H,31,34). The number of piperazine rings is 1. The van der Waals surface area contributed by atoms with Crippen LogP contribution in [0.1, 0.15) is 41.9 Å². The van der Waals surface area contributed by atoms with Gasteiger partial charge in [-0.1, -0.05) is 36.4 Å². The molecule has 5 rings (SSSR count). The normalized spacial score (nSPS) is 17.5. The van der Waals surface area contributed by atoms with Crippen molar-refractivity contribution in [3.05, 3.63) is 83.7 Å². The van der Waals surface area contributed by atoms with Crippen molar-refractivity contribution in [1.82, 2.24) is 14.9 Å². The topological polar surface area (TPSA) is 78.4 Å². The highest BCUT2D eigenvalue weighted by atomic mass is 16.2. The van der Waals surface area contributed by atoms with Crippen molar-refractivity contribution in [2.75, 3.05) is 36.4 Å². The first-order chi connectivity index (χ1) is 17.2. The van der Waals surface area contributed by atoms with Crippen molar-refractivity contribution in [3.63, 3.8) is 0 Å². The largest absolute Gasteiger partial charge is 0.339 e. The van der Waals surface area contributed by atoms with Gasteiger partial charge in [-0.3, -0.25) is 9.59 Å². The second-order valence-corrected chi connectivity index (χ2v) is 9.33. The monoisotopic (exact) mass is 469 g/mol. The fourth-order valence-electron chi connectivity index (χ4n) is 5.11. The Bertz CT molecular complexity index is 1160. The Hall–Kier alpha value is -3.74. The minimum atomic E-state index is 0.0378. The average Bonchev–Trinajstić information content (AvgIpc) is 2.90. The van der Waals surface area contributed by atoms with Gasteiger partial charge in [0, 0.05) is 50.7 Å². The minimum Gasteiger partial charge on any atom is -0.339 e. The Morgan fingerprint density at radius 3 is 2.43 bits per heavy atom. The van der Waals surface area contributed by atoms with Gasteiger partial charge in [0.15, 0.2) is 0 Å². The molecule has 7 nitrogen and oxygen atoms in total. The number of rotatable bonds is 6. The Labute approximate surface area is 206 Å². The van der Waals surface area contributed by atoms with E-state index in [9.17, 15) is 9.59 Å². The number of hydrogen-bond donors (Lipinski definition) is 1. The summed E-state index contributed by atoms with van der Waals surface area (Å²) < 4.78 is 0. The van der Waals surface area contributed by atoms with Crippen LogP contribution in [0.3, 0.4) is 0 Å². The van der Waals surface area contributed by atoms with Crippen LogP contribution in [0.4, 0.5) is 11.6 Å². The van der Waals surface area contributed by atoms with E-state index >= 15 is 0 Å². The van der Waals surface area contributed by atoms with E-state index in [1.807, 2.05) is 29.2 Å². The molecule has 2 heterocycles. The van der Waals surface area contributed by atoms with E-state index in [1.54, 1.807) is 18.5 Å². The third-order valence-electron chi connectivity index (χ3n) is 6.99. The quantitative estimate of drug-likeness (QED) is 0.594. The van der Waals surface area contributed by atoms with Crippen molar-refractivity contribution < 1.29 is 9.59 Å². The van der Waals surface area contributed by atoms with Crippen LogP contribution in [0.15, 0.2) is 67.0 Å². The van der Waals surface area contributed by atoms with Crippen LogP contribution >= 0.6 is 0 Å². The number of carbonyl (C=O) groups is 2. The number of carbonyl (C=O) groups excluding carboxylic acids is 2. The fourth-order valence-corrected chi connectivity index (χ4v) is 5.11. The SMILES string of the molecule is O=C(CC1CCCc2ccccc21)Nc1ccc(CC(=O)N2CCN(c3ncccn3)CC2)cc1. The van der Waals surface area contributed by atoms with Gasteiger partial charge >= 0.3 is 0 Å². The van der Waals surface area contributed by atoms with Crippen molar-refractivity contribution in [3.8, 4) is 0 Å². The second-order valence-electron chi connectivity index (χ2n) is 9.33. The Morgan fingerprint density at radius 2 is 1.66 bits per heavy atom.